The van der Waals surface area contributed by atoms with Crippen LogP contribution in [0.3, 0.4) is 0 Å². The summed E-state index contributed by atoms with van der Waals surface area (Å²) in [4.78, 5) is 18.3. The number of aryl methyl sites for hydroxylation is 2. The van der Waals surface area contributed by atoms with E-state index in [2.05, 4.69) is 25.6 Å². The number of nitrogens with one attached hydrogen (secondary N) is 2. The maximum atomic E-state index is 12.0. The Labute approximate surface area is 134 Å². The van der Waals surface area contributed by atoms with Crippen molar-refractivity contribution in [3.8, 4) is 0 Å². The molecule has 124 valence electrons. The zero-order valence-electron chi connectivity index (χ0n) is 13.5. The molecule has 0 radical (unpaired) electrons. The van der Waals surface area contributed by atoms with Crippen LogP contribution in [0.4, 0.5) is 10.7 Å². The molecule has 3 rings (SSSR count). The average Bonchev–Trinajstić information content (AvgIpc) is 3.23. The molecule has 0 spiro atoms. The summed E-state index contributed by atoms with van der Waals surface area (Å²) in [7, 11) is 1.75. The summed E-state index contributed by atoms with van der Waals surface area (Å²) in [5, 5.41) is 9.53. The van der Waals surface area contributed by atoms with Crippen molar-refractivity contribution in [1.82, 2.24) is 25.0 Å². The minimum Gasteiger partial charge on any atom is -0.465 e. The van der Waals surface area contributed by atoms with E-state index in [-0.39, 0.29) is 18.0 Å². The summed E-state index contributed by atoms with van der Waals surface area (Å²) in [6.45, 7) is 4.45. The van der Waals surface area contributed by atoms with Crippen LogP contribution in [0.5, 0.6) is 0 Å². The van der Waals surface area contributed by atoms with Crippen molar-refractivity contribution in [1.29, 1.82) is 0 Å². The zero-order valence-corrected chi connectivity index (χ0v) is 13.5. The number of hydrogen-bond donors (Lipinski definition) is 2. The van der Waals surface area contributed by atoms with Gasteiger partial charge in [0, 0.05) is 13.6 Å². The molecule has 1 aliphatic heterocycles. The van der Waals surface area contributed by atoms with Gasteiger partial charge >= 0.3 is 6.03 Å². The Hall–Kier alpha value is -2.35. The molecular weight excluding hydrogens is 296 g/mol. The molecule has 2 aromatic rings. The lowest BCUT2D eigenvalue weighted by Crippen LogP contribution is -2.38. The van der Waals surface area contributed by atoms with Gasteiger partial charge in [-0.15, -0.1) is 5.10 Å². The first kappa shape index (κ1) is 15.5. The third-order valence-electron chi connectivity index (χ3n) is 3.95. The first-order valence-corrected chi connectivity index (χ1v) is 7.83. The SMILES string of the molecule is Cc1ccc([C@H](CNC(=O)Nc2ncn(C)n2)N2CCCC2)o1. The predicted molar refractivity (Wildman–Crippen MR) is 85.0 cm³/mol. The molecular formula is C15H22N6O2. The van der Waals surface area contributed by atoms with E-state index in [1.807, 2.05) is 19.1 Å². The van der Waals surface area contributed by atoms with Gasteiger partial charge in [0.15, 0.2) is 0 Å². The number of furan rings is 1. The minimum atomic E-state index is -0.316. The molecule has 1 saturated heterocycles. The standard InChI is InChI=1S/C15H22N6O2/c1-11-5-6-13(23-11)12(21-7-3-4-8-21)9-16-15(22)18-14-17-10-20(2)19-14/h5-6,10,12H,3-4,7-9H2,1-2H3,(H2,16,18,19,22)/t12-/m0/s1. The second-order valence-electron chi connectivity index (χ2n) is 5.78. The van der Waals surface area contributed by atoms with E-state index >= 15 is 0 Å². The number of nitrogens with zero attached hydrogens (tertiary/aromatic N) is 4. The van der Waals surface area contributed by atoms with E-state index in [4.69, 9.17) is 4.42 Å². The van der Waals surface area contributed by atoms with Gasteiger partial charge in [0.2, 0.25) is 5.95 Å². The molecule has 0 aromatic carbocycles. The molecule has 2 N–H and O–H groups in total. The normalized spacial score (nSPS) is 16.4. The van der Waals surface area contributed by atoms with Gasteiger partial charge < -0.3 is 9.73 Å². The first-order valence-electron chi connectivity index (χ1n) is 7.83. The maximum absolute atomic E-state index is 12.0. The molecule has 23 heavy (non-hydrogen) atoms. The number of aromatic nitrogens is 3. The van der Waals surface area contributed by atoms with E-state index in [1.54, 1.807) is 7.05 Å². The van der Waals surface area contributed by atoms with Crippen LogP contribution >= 0.6 is 0 Å². The monoisotopic (exact) mass is 318 g/mol. The smallest absolute Gasteiger partial charge is 0.321 e. The van der Waals surface area contributed by atoms with Crippen molar-refractivity contribution < 1.29 is 9.21 Å². The van der Waals surface area contributed by atoms with Crippen LogP contribution < -0.4 is 10.6 Å². The topological polar surface area (TPSA) is 88.2 Å². The van der Waals surface area contributed by atoms with Crippen molar-refractivity contribution in [2.24, 2.45) is 7.05 Å². The molecule has 0 aliphatic carbocycles. The highest BCUT2D eigenvalue weighted by Gasteiger charge is 2.26. The fourth-order valence-electron chi connectivity index (χ4n) is 2.83. The van der Waals surface area contributed by atoms with Crippen LogP contribution in [-0.2, 0) is 7.05 Å². The summed E-state index contributed by atoms with van der Waals surface area (Å²) in [5.74, 6) is 2.06. The third kappa shape index (κ3) is 3.89. The highest BCUT2D eigenvalue weighted by atomic mass is 16.3. The molecule has 8 heteroatoms. The maximum Gasteiger partial charge on any atom is 0.321 e. The number of amides is 2. The average molecular weight is 318 g/mol. The quantitative estimate of drug-likeness (QED) is 0.875. The van der Waals surface area contributed by atoms with Crippen LogP contribution in [0, 0.1) is 6.92 Å². The fraction of sp³-hybridized carbons (Fsp3) is 0.533. The Morgan fingerprint density at radius 2 is 2.17 bits per heavy atom. The molecule has 1 aliphatic rings. The van der Waals surface area contributed by atoms with Gasteiger partial charge in [0.1, 0.15) is 17.8 Å². The lowest BCUT2D eigenvalue weighted by molar-refractivity contribution is 0.205. The third-order valence-corrected chi connectivity index (χ3v) is 3.95. The largest absolute Gasteiger partial charge is 0.465 e. The molecule has 0 bridgehead atoms. The zero-order chi connectivity index (χ0) is 16.2. The Kier molecular flexibility index (Phi) is 4.61. The van der Waals surface area contributed by atoms with Gasteiger partial charge in [0.25, 0.3) is 0 Å². The van der Waals surface area contributed by atoms with Gasteiger partial charge in [-0.25, -0.2) is 9.78 Å². The van der Waals surface area contributed by atoms with Gasteiger partial charge in [-0.3, -0.25) is 14.9 Å². The van der Waals surface area contributed by atoms with E-state index in [1.165, 1.54) is 23.9 Å². The number of likely N-dealkylation sites (tertiary alicyclic amines) is 1. The summed E-state index contributed by atoms with van der Waals surface area (Å²) in [6.07, 6.45) is 3.90. The van der Waals surface area contributed by atoms with Gasteiger partial charge in [-0.1, -0.05) is 0 Å². The molecule has 0 saturated carbocycles. The molecule has 1 atom stereocenters. The van der Waals surface area contributed by atoms with Gasteiger partial charge in [-0.2, -0.15) is 0 Å². The van der Waals surface area contributed by atoms with Crippen molar-refractivity contribution in [3.63, 3.8) is 0 Å². The van der Waals surface area contributed by atoms with E-state index in [0.29, 0.717) is 6.54 Å². The summed E-state index contributed by atoms with van der Waals surface area (Å²) < 4.78 is 7.31. The Bertz CT molecular complexity index is 658. The molecule has 2 aromatic heterocycles. The highest BCUT2D eigenvalue weighted by molar-refractivity contribution is 5.87. The van der Waals surface area contributed by atoms with Crippen LogP contribution in [-0.4, -0.2) is 45.3 Å². The number of hydrogen-bond acceptors (Lipinski definition) is 5. The van der Waals surface area contributed by atoms with E-state index in [0.717, 1.165) is 24.6 Å². The van der Waals surface area contributed by atoms with Gasteiger partial charge in [0.05, 0.1) is 6.04 Å². The van der Waals surface area contributed by atoms with Gasteiger partial charge in [-0.05, 0) is 45.0 Å². The van der Waals surface area contributed by atoms with Crippen LogP contribution in [0.1, 0.15) is 30.4 Å². The number of carbonyl (C=O) groups excluding carboxylic acids is 1. The second kappa shape index (κ2) is 6.82. The summed E-state index contributed by atoms with van der Waals surface area (Å²) in [5.41, 5.74) is 0. The summed E-state index contributed by atoms with van der Waals surface area (Å²) >= 11 is 0. The van der Waals surface area contributed by atoms with Crippen molar-refractivity contribution in [3.05, 3.63) is 30.0 Å². The number of carbonyl (C=O) groups is 1. The minimum absolute atomic E-state index is 0.0497. The summed E-state index contributed by atoms with van der Waals surface area (Å²) in [6, 6.07) is 3.67. The van der Waals surface area contributed by atoms with Crippen LogP contribution in [0.15, 0.2) is 22.9 Å². The van der Waals surface area contributed by atoms with Crippen molar-refractivity contribution in [2.75, 3.05) is 25.0 Å². The lowest BCUT2D eigenvalue weighted by Gasteiger charge is -2.25. The Morgan fingerprint density at radius 3 is 2.78 bits per heavy atom. The lowest BCUT2D eigenvalue weighted by atomic mass is 10.2. The molecule has 0 unspecified atom stereocenters. The molecule has 3 heterocycles. The van der Waals surface area contributed by atoms with Crippen LogP contribution in [0.2, 0.25) is 0 Å². The molecule has 8 nitrogen and oxygen atoms in total. The van der Waals surface area contributed by atoms with Crippen molar-refractivity contribution in [2.45, 2.75) is 25.8 Å². The van der Waals surface area contributed by atoms with E-state index < -0.39 is 0 Å². The highest BCUT2D eigenvalue weighted by Crippen LogP contribution is 2.26. The van der Waals surface area contributed by atoms with Crippen molar-refractivity contribution >= 4 is 12.0 Å². The number of anilines is 1. The fourth-order valence-corrected chi connectivity index (χ4v) is 2.83. The molecule has 1 fully saturated rings. The Balaban J connectivity index is 1.60. The second-order valence-corrected chi connectivity index (χ2v) is 5.78. The van der Waals surface area contributed by atoms with Crippen LogP contribution in [0.25, 0.3) is 0 Å². The predicted octanol–water partition coefficient (Wildman–Crippen LogP) is 1.68. The number of urea groups is 1. The Morgan fingerprint density at radius 1 is 1.39 bits per heavy atom. The van der Waals surface area contributed by atoms with E-state index in [9.17, 15) is 4.79 Å². The molecule has 2 amide bonds. The number of rotatable bonds is 5. The first-order chi connectivity index (χ1) is 11.1.